The zero-order chi connectivity index (χ0) is 17.9. The molecule has 1 aromatic carbocycles. The van der Waals surface area contributed by atoms with Gasteiger partial charge in [0.1, 0.15) is 11.5 Å². The van der Waals surface area contributed by atoms with Gasteiger partial charge in [0, 0.05) is 31.8 Å². The highest BCUT2D eigenvalue weighted by Crippen LogP contribution is 2.23. The van der Waals surface area contributed by atoms with Crippen molar-refractivity contribution >= 4 is 5.91 Å². The van der Waals surface area contributed by atoms with Crippen LogP contribution in [0, 0.1) is 5.92 Å². The molecule has 1 atom stereocenters. The molecule has 3 heterocycles. The normalized spacial score (nSPS) is 18.7. The summed E-state index contributed by atoms with van der Waals surface area (Å²) >= 11 is 0. The molecule has 5 heteroatoms. The minimum Gasteiger partial charge on any atom is -0.445 e. The number of amides is 1. The molecule has 0 spiro atoms. The van der Waals surface area contributed by atoms with E-state index in [0.717, 1.165) is 49.9 Å². The predicted molar refractivity (Wildman–Crippen MR) is 99.7 cm³/mol. The topological polar surface area (TPSA) is 49.6 Å². The summed E-state index contributed by atoms with van der Waals surface area (Å²) < 4.78 is 5.95. The fraction of sp³-hybridized carbons (Fsp3) is 0.524. The lowest BCUT2D eigenvalue weighted by atomic mass is 10.1. The minimum atomic E-state index is 0.0466. The van der Waals surface area contributed by atoms with Crippen molar-refractivity contribution in [3.05, 3.63) is 53.2 Å². The molecule has 26 heavy (non-hydrogen) atoms. The molecule has 2 aromatic rings. The van der Waals surface area contributed by atoms with E-state index < -0.39 is 0 Å². The van der Waals surface area contributed by atoms with Gasteiger partial charge in [0.2, 0.25) is 5.91 Å². The summed E-state index contributed by atoms with van der Waals surface area (Å²) in [5.74, 6) is 1.99. The van der Waals surface area contributed by atoms with Crippen molar-refractivity contribution < 1.29 is 9.21 Å². The molecular weight excluding hydrogens is 326 g/mol. The highest BCUT2D eigenvalue weighted by molar-refractivity contribution is 5.79. The van der Waals surface area contributed by atoms with Crippen LogP contribution in [0.15, 0.2) is 34.7 Å². The molecule has 0 radical (unpaired) electrons. The molecule has 5 nitrogen and oxygen atoms in total. The van der Waals surface area contributed by atoms with Crippen LogP contribution in [-0.2, 0) is 24.2 Å². The Hall–Kier alpha value is -2.14. The standard InChI is InChI=1S/C21H27N3O2/c1-16(14-23-10-5-6-11-23)21(25)24-12-9-19-18(15-24)22-20(26-19)13-17-7-3-2-4-8-17/h2-4,7-8,16H,5-6,9-15H2,1H3. The van der Waals surface area contributed by atoms with Gasteiger partial charge < -0.3 is 14.2 Å². The lowest BCUT2D eigenvalue weighted by molar-refractivity contribution is -0.136. The van der Waals surface area contributed by atoms with Gasteiger partial charge in [-0.25, -0.2) is 4.98 Å². The molecule has 138 valence electrons. The van der Waals surface area contributed by atoms with Crippen molar-refractivity contribution in [2.75, 3.05) is 26.2 Å². The Morgan fingerprint density at radius 2 is 1.96 bits per heavy atom. The van der Waals surface area contributed by atoms with E-state index in [1.807, 2.05) is 23.1 Å². The fourth-order valence-electron chi connectivity index (χ4n) is 4.03. The van der Waals surface area contributed by atoms with E-state index in [4.69, 9.17) is 4.42 Å². The average Bonchev–Trinajstić information content (AvgIpc) is 3.30. The Kier molecular flexibility index (Phi) is 5.07. The first-order chi connectivity index (χ1) is 12.7. The van der Waals surface area contributed by atoms with E-state index >= 15 is 0 Å². The number of nitrogens with zero attached hydrogens (tertiary/aromatic N) is 3. The van der Waals surface area contributed by atoms with Crippen LogP contribution in [0.4, 0.5) is 0 Å². The van der Waals surface area contributed by atoms with Crippen LogP contribution in [0.3, 0.4) is 0 Å². The number of hydrogen-bond acceptors (Lipinski definition) is 4. The van der Waals surface area contributed by atoms with E-state index in [1.165, 1.54) is 18.4 Å². The number of rotatable bonds is 5. The second kappa shape index (κ2) is 7.62. The van der Waals surface area contributed by atoms with Crippen LogP contribution in [0.5, 0.6) is 0 Å². The quantitative estimate of drug-likeness (QED) is 0.829. The summed E-state index contributed by atoms with van der Waals surface area (Å²) in [7, 11) is 0. The van der Waals surface area contributed by atoms with Gasteiger partial charge in [-0.05, 0) is 31.5 Å². The highest BCUT2D eigenvalue weighted by atomic mass is 16.4. The zero-order valence-corrected chi connectivity index (χ0v) is 15.5. The molecule has 0 aliphatic carbocycles. The number of hydrogen-bond donors (Lipinski definition) is 0. The van der Waals surface area contributed by atoms with E-state index in [-0.39, 0.29) is 11.8 Å². The Morgan fingerprint density at radius 3 is 2.73 bits per heavy atom. The molecule has 1 saturated heterocycles. The van der Waals surface area contributed by atoms with Crippen molar-refractivity contribution in [1.29, 1.82) is 0 Å². The second-order valence-electron chi connectivity index (χ2n) is 7.56. The Labute approximate surface area is 155 Å². The van der Waals surface area contributed by atoms with E-state index in [9.17, 15) is 4.79 Å². The van der Waals surface area contributed by atoms with Crippen molar-refractivity contribution in [3.63, 3.8) is 0 Å². The molecule has 1 fully saturated rings. The summed E-state index contributed by atoms with van der Waals surface area (Å²) in [6.45, 7) is 6.51. The van der Waals surface area contributed by atoms with Crippen LogP contribution in [0.1, 0.15) is 42.7 Å². The Balaban J connectivity index is 1.38. The number of fused-ring (bicyclic) bond motifs is 1. The molecule has 0 saturated carbocycles. The van der Waals surface area contributed by atoms with Crippen LogP contribution in [-0.4, -0.2) is 46.9 Å². The van der Waals surface area contributed by atoms with Crippen molar-refractivity contribution in [3.8, 4) is 0 Å². The molecular formula is C21H27N3O2. The van der Waals surface area contributed by atoms with Crippen LogP contribution >= 0.6 is 0 Å². The van der Waals surface area contributed by atoms with E-state index in [2.05, 4.69) is 28.9 Å². The fourth-order valence-corrected chi connectivity index (χ4v) is 4.03. The summed E-state index contributed by atoms with van der Waals surface area (Å²) in [5, 5.41) is 0. The van der Waals surface area contributed by atoms with Crippen molar-refractivity contribution in [1.82, 2.24) is 14.8 Å². The summed E-state index contributed by atoms with van der Waals surface area (Å²) in [6.07, 6.45) is 3.99. The van der Waals surface area contributed by atoms with Crippen molar-refractivity contribution in [2.45, 2.75) is 39.2 Å². The summed E-state index contributed by atoms with van der Waals surface area (Å²) in [5.41, 5.74) is 2.13. The maximum Gasteiger partial charge on any atom is 0.227 e. The van der Waals surface area contributed by atoms with Gasteiger partial charge in [0.25, 0.3) is 0 Å². The van der Waals surface area contributed by atoms with Crippen LogP contribution in [0.25, 0.3) is 0 Å². The molecule has 2 aliphatic rings. The third-order valence-corrected chi connectivity index (χ3v) is 5.43. The monoisotopic (exact) mass is 353 g/mol. The molecule has 1 aromatic heterocycles. The second-order valence-corrected chi connectivity index (χ2v) is 7.56. The SMILES string of the molecule is CC(CN1CCCC1)C(=O)N1CCc2oc(Cc3ccccc3)nc2C1. The van der Waals surface area contributed by atoms with Crippen molar-refractivity contribution in [2.24, 2.45) is 5.92 Å². The van der Waals surface area contributed by atoms with Gasteiger partial charge in [-0.1, -0.05) is 37.3 Å². The molecule has 0 N–H and O–H groups in total. The summed E-state index contributed by atoms with van der Waals surface area (Å²) in [4.78, 5) is 21.9. The summed E-state index contributed by atoms with van der Waals surface area (Å²) in [6, 6.07) is 10.2. The van der Waals surface area contributed by atoms with Crippen LogP contribution < -0.4 is 0 Å². The highest BCUT2D eigenvalue weighted by Gasteiger charge is 2.29. The van der Waals surface area contributed by atoms with Gasteiger partial charge in [-0.15, -0.1) is 0 Å². The lowest BCUT2D eigenvalue weighted by Gasteiger charge is -2.29. The third kappa shape index (κ3) is 3.83. The molecule has 0 bridgehead atoms. The molecule has 4 rings (SSSR count). The Bertz CT molecular complexity index is 750. The number of aromatic nitrogens is 1. The third-order valence-electron chi connectivity index (χ3n) is 5.43. The van der Waals surface area contributed by atoms with Crippen LogP contribution in [0.2, 0.25) is 0 Å². The number of carbonyl (C=O) groups excluding carboxylic acids is 1. The molecule has 1 unspecified atom stereocenters. The first kappa shape index (κ1) is 17.3. The molecule has 2 aliphatic heterocycles. The van der Waals surface area contributed by atoms with E-state index in [1.54, 1.807) is 0 Å². The minimum absolute atomic E-state index is 0.0466. The van der Waals surface area contributed by atoms with Gasteiger partial charge in [0.05, 0.1) is 6.54 Å². The number of carbonyl (C=O) groups is 1. The number of benzene rings is 1. The Morgan fingerprint density at radius 1 is 1.19 bits per heavy atom. The smallest absolute Gasteiger partial charge is 0.227 e. The predicted octanol–water partition coefficient (Wildman–Crippen LogP) is 2.88. The maximum absolute atomic E-state index is 12.8. The zero-order valence-electron chi connectivity index (χ0n) is 15.5. The van der Waals surface area contributed by atoms with E-state index in [0.29, 0.717) is 13.0 Å². The average molecular weight is 353 g/mol. The van der Waals surface area contributed by atoms with Gasteiger partial charge in [-0.2, -0.15) is 0 Å². The first-order valence-corrected chi connectivity index (χ1v) is 9.71. The largest absolute Gasteiger partial charge is 0.445 e. The van der Waals surface area contributed by atoms with Gasteiger partial charge >= 0.3 is 0 Å². The maximum atomic E-state index is 12.8. The number of oxazole rings is 1. The van der Waals surface area contributed by atoms with Gasteiger partial charge in [0.15, 0.2) is 5.89 Å². The lowest BCUT2D eigenvalue weighted by Crippen LogP contribution is -2.42. The number of likely N-dealkylation sites (tertiary alicyclic amines) is 1. The first-order valence-electron chi connectivity index (χ1n) is 9.71. The molecule has 1 amide bonds. The van der Waals surface area contributed by atoms with Gasteiger partial charge in [-0.3, -0.25) is 4.79 Å².